The van der Waals surface area contributed by atoms with Crippen LogP contribution < -0.4 is 0 Å². The van der Waals surface area contributed by atoms with Gasteiger partial charge in [-0.25, -0.2) is 0 Å². The van der Waals surface area contributed by atoms with Crippen LogP contribution in [0.5, 0.6) is 0 Å². The lowest BCUT2D eigenvalue weighted by Crippen LogP contribution is -2.61. The topological polar surface area (TPSA) is 102 Å². The fourth-order valence-electron chi connectivity index (χ4n) is 8.74. The van der Waals surface area contributed by atoms with Crippen LogP contribution in [0.1, 0.15) is 79.1 Å². The van der Waals surface area contributed by atoms with Crippen LogP contribution in [0.15, 0.2) is 0 Å². The molecule has 4 aliphatic carbocycles. The van der Waals surface area contributed by atoms with Crippen molar-refractivity contribution in [1.82, 2.24) is 0 Å². The predicted octanol–water partition coefficient (Wildman–Crippen LogP) is 2.96. The zero-order valence-electron chi connectivity index (χ0n) is 19.6. The molecule has 9 atom stereocenters. The lowest BCUT2D eigenvalue weighted by molar-refractivity contribution is -0.175. The van der Waals surface area contributed by atoms with E-state index in [1.54, 1.807) is 0 Å². The van der Waals surface area contributed by atoms with Crippen molar-refractivity contribution in [1.29, 1.82) is 0 Å². The van der Waals surface area contributed by atoms with Crippen molar-refractivity contribution in [2.24, 2.45) is 28.6 Å². The number of hydrogen-bond acceptors (Lipinski definition) is 7. The number of Topliss-reactive ketones (excluding diaryl/α,β-unsaturated/α-hetero) is 1. The van der Waals surface area contributed by atoms with E-state index in [1.807, 2.05) is 0 Å². The Morgan fingerprint density at radius 2 is 1.62 bits per heavy atom. The van der Waals surface area contributed by atoms with Crippen LogP contribution in [-0.2, 0) is 28.6 Å². The Hall–Kier alpha value is -1.47. The van der Waals surface area contributed by atoms with Gasteiger partial charge in [-0.1, -0.05) is 13.8 Å². The molecule has 1 aliphatic heterocycles. The third-order valence-corrected chi connectivity index (χ3v) is 10.4. The van der Waals surface area contributed by atoms with Crippen molar-refractivity contribution < 1.29 is 33.7 Å². The average molecular weight is 449 g/mol. The van der Waals surface area contributed by atoms with Crippen molar-refractivity contribution in [3.05, 3.63) is 0 Å². The largest absolute Gasteiger partial charge is 0.462 e. The van der Waals surface area contributed by atoms with E-state index in [2.05, 4.69) is 13.8 Å². The predicted molar refractivity (Wildman–Crippen MR) is 113 cm³/mol. The van der Waals surface area contributed by atoms with Crippen LogP contribution >= 0.6 is 0 Å². The second kappa shape index (κ2) is 7.02. The highest BCUT2D eigenvalue weighted by Crippen LogP contribution is 2.74. The van der Waals surface area contributed by atoms with Crippen LogP contribution in [0, 0.1) is 28.6 Å². The zero-order valence-corrected chi connectivity index (χ0v) is 19.6. The molecular formula is C25H36O7. The Kier molecular flexibility index (Phi) is 4.90. The summed E-state index contributed by atoms with van der Waals surface area (Å²) in [6, 6.07) is 0. The molecule has 0 aromatic heterocycles. The second-order valence-corrected chi connectivity index (χ2v) is 11.6. The molecule has 1 N–H and O–H groups in total. The fraction of sp³-hybridized carbons (Fsp3) is 0.880. The molecule has 7 nitrogen and oxygen atoms in total. The molecule has 4 saturated carbocycles. The maximum Gasteiger partial charge on any atom is 0.303 e. The molecule has 0 radical (unpaired) electrons. The molecule has 0 bridgehead atoms. The Morgan fingerprint density at radius 3 is 2.31 bits per heavy atom. The van der Waals surface area contributed by atoms with E-state index < -0.39 is 17.0 Å². The highest BCUT2D eigenvalue weighted by atomic mass is 16.6. The number of rotatable bonds is 4. The number of esters is 2. The first kappa shape index (κ1) is 22.3. The maximum atomic E-state index is 13.0. The number of epoxide rings is 1. The van der Waals surface area contributed by atoms with Crippen LogP contribution in [0.3, 0.4) is 0 Å². The van der Waals surface area contributed by atoms with Gasteiger partial charge in [0.05, 0.1) is 6.10 Å². The molecular weight excluding hydrogens is 412 g/mol. The fourth-order valence-corrected chi connectivity index (χ4v) is 8.74. The van der Waals surface area contributed by atoms with Crippen LogP contribution in [0.2, 0.25) is 0 Å². The molecule has 0 unspecified atom stereocenters. The molecule has 32 heavy (non-hydrogen) atoms. The van der Waals surface area contributed by atoms with Crippen LogP contribution in [0.25, 0.3) is 0 Å². The van der Waals surface area contributed by atoms with E-state index in [1.165, 1.54) is 13.8 Å². The second-order valence-electron chi connectivity index (χ2n) is 11.6. The minimum atomic E-state index is -1.44. The molecule has 5 rings (SSSR count). The Morgan fingerprint density at radius 1 is 0.969 bits per heavy atom. The van der Waals surface area contributed by atoms with Crippen molar-refractivity contribution in [3.8, 4) is 0 Å². The Bertz CT molecular complexity index is 855. The molecule has 1 saturated heterocycles. The van der Waals surface area contributed by atoms with Crippen LogP contribution in [0.4, 0.5) is 0 Å². The smallest absolute Gasteiger partial charge is 0.303 e. The Balaban J connectivity index is 1.38. The van der Waals surface area contributed by atoms with Gasteiger partial charge < -0.3 is 19.3 Å². The highest BCUT2D eigenvalue weighted by molar-refractivity contribution is 5.90. The van der Waals surface area contributed by atoms with Gasteiger partial charge in [0.1, 0.15) is 17.3 Å². The van der Waals surface area contributed by atoms with Gasteiger partial charge in [-0.3, -0.25) is 14.4 Å². The number of aliphatic hydroxyl groups is 1. The monoisotopic (exact) mass is 448 g/mol. The number of fused-ring (bicyclic) bond motifs is 4. The summed E-state index contributed by atoms with van der Waals surface area (Å²) in [6.07, 6.45) is 6.65. The first-order valence-corrected chi connectivity index (χ1v) is 12.2. The van der Waals surface area contributed by atoms with Gasteiger partial charge in [-0.15, -0.1) is 0 Å². The lowest BCUT2D eigenvalue weighted by atomic mass is 9.44. The highest BCUT2D eigenvalue weighted by Gasteiger charge is 2.77. The molecule has 5 aliphatic rings. The first-order valence-electron chi connectivity index (χ1n) is 12.2. The zero-order chi connectivity index (χ0) is 23.1. The quantitative estimate of drug-likeness (QED) is 0.521. The summed E-state index contributed by atoms with van der Waals surface area (Å²) in [5, 5.41) is 11.6. The summed E-state index contributed by atoms with van der Waals surface area (Å²) < 4.78 is 17.0. The van der Waals surface area contributed by atoms with Gasteiger partial charge in [0.15, 0.2) is 6.61 Å². The maximum absolute atomic E-state index is 13.0. The van der Waals surface area contributed by atoms with Crippen molar-refractivity contribution in [2.45, 2.75) is 102 Å². The molecule has 1 spiro atoms. The molecule has 1 heterocycles. The Labute approximate surface area is 189 Å². The third kappa shape index (κ3) is 2.82. The summed E-state index contributed by atoms with van der Waals surface area (Å²) >= 11 is 0. The lowest BCUT2D eigenvalue weighted by Gasteiger charge is -2.59. The standard InChI is InChI=1S/C25H36O7/c1-14(26)30-13-20(28)24(29)10-7-18-17-11-21-25(32-21)12-16(31-15(2)27)5-8-23(25,4)19(17)6-9-22(18,24)3/h16-19,21,29H,5-13H2,1-4H3/t16-,17+,18+,19+,21+,22+,23-,24+,25+/m1/s1. The van der Waals surface area contributed by atoms with Gasteiger partial charge in [-0.05, 0) is 62.7 Å². The van der Waals surface area contributed by atoms with Gasteiger partial charge >= 0.3 is 11.9 Å². The minimum Gasteiger partial charge on any atom is -0.462 e. The number of ketones is 1. The average Bonchev–Trinajstić information content (AvgIpc) is 3.34. The van der Waals surface area contributed by atoms with Gasteiger partial charge in [0.2, 0.25) is 5.78 Å². The molecule has 0 aromatic rings. The van der Waals surface area contributed by atoms with E-state index in [9.17, 15) is 19.5 Å². The van der Waals surface area contributed by atoms with Crippen LogP contribution in [-0.4, -0.2) is 52.8 Å². The number of ether oxygens (including phenoxy) is 3. The minimum absolute atomic E-state index is 0.0288. The summed E-state index contributed by atoms with van der Waals surface area (Å²) in [7, 11) is 0. The van der Waals surface area contributed by atoms with Gasteiger partial charge in [-0.2, -0.15) is 0 Å². The molecule has 178 valence electrons. The van der Waals surface area contributed by atoms with Crippen molar-refractivity contribution in [2.75, 3.05) is 6.61 Å². The summed E-state index contributed by atoms with van der Waals surface area (Å²) in [5.74, 6) is 0.0358. The van der Waals surface area contributed by atoms with E-state index in [0.29, 0.717) is 18.3 Å². The third-order valence-electron chi connectivity index (χ3n) is 10.4. The number of hydrogen-bond donors (Lipinski definition) is 1. The normalized spacial score (nSPS) is 50.8. The SMILES string of the molecule is CC(=O)OCC(=O)[C@@]1(O)CC[C@H]2[C@@H]3C[C@@H]4O[C@@]45C[C@H](OC(C)=O)CC[C@]5(C)[C@H]3CC[C@@]21C. The van der Waals surface area contributed by atoms with E-state index in [0.717, 1.165) is 44.9 Å². The van der Waals surface area contributed by atoms with E-state index in [-0.39, 0.29) is 47.5 Å². The van der Waals surface area contributed by atoms with E-state index in [4.69, 9.17) is 14.2 Å². The summed E-state index contributed by atoms with van der Waals surface area (Å²) in [6.45, 7) is 6.83. The first-order chi connectivity index (χ1) is 15.0. The molecule has 7 heteroatoms. The van der Waals surface area contributed by atoms with Gasteiger partial charge in [0.25, 0.3) is 0 Å². The molecule has 5 fully saturated rings. The molecule has 0 amide bonds. The van der Waals surface area contributed by atoms with Crippen molar-refractivity contribution in [3.63, 3.8) is 0 Å². The summed E-state index contributed by atoms with van der Waals surface area (Å²) in [5.41, 5.74) is -2.11. The van der Waals surface area contributed by atoms with E-state index >= 15 is 0 Å². The number of carbonyl (C=O) groups is 3. The summed E-state index contributed by atoms with van der Waals surface area (Å²) in [4.78, 5) is 35.7. The molecule has 0 aromatic carbocycles. The van der Waals surface area contributed by atoms with Gasteiger partial charge in [0, 0.05) is 31.1 Å². The number of carbonyl (C=O) groups excluding carboxylic acids is 3. The van der Waals surface area contributed by atoms with Crippen molar-refractivity contribution >= 4 is 17.7 Å².